The molecule has 0 aliphatic heterocycles. The van der Waals surface area contributed by atoms with Crippen molar-refractivity contribution in [1.82, 2.24) is 10.3 Å². The summed E-state index contributed by atoms with van der Waals surface area (Å²) in [6, 6.07) is 6.25. The van der Waals surface area contributed by atoms with E-state index in [0.717, 1.165) is 6.21 Å². The SMILES string of the molecule is CN/C=C\Nc1ccc(S(=O)(=O)Nc2c(OC)ccc(C=N)c2NC)cn1. The molecule has 1 aromatic carbocycles. The van der Waals surface area contributed by atoms with Crippen LogP contribution >= 0.6 is 0 Å². The van der Waals surface area contributed by atoms with Crippen LogP contribution < -0.4 is 25.4 Å². The Morgan fingerprint density at radius 2 is 1.89 bits per heavy atom. The fourth-order valence-corrected chi connectivity index (χ4v) is 3.32. The van der Waals surface area contributed by atoms with Crippen molar-refractivity contribution < 1.29 is 13.2 Å². The minimum absolute atomic E-state index is 0.00462. The van der Waals surface area contributed by atoms with E-state index in [1.807, 2.05) is 0 Å². The number of aromatic nitrogens is 1. The molecule has 144 valence electrons. The number of nitrogens with zero attached hydrogens (tertiary/aromatic N) is 1. The van der Waals surface area contributed by atoms with Gasteiger partial charge in [-0.15, -0.1) is 0 Å². The maximum atomic E-state index is 12.8. The van der Waals surface area contributed by atoms with Crippen LogP contribution in [0.3, 0.4) is 0 Å². The molecule has 1 heterocycles. The molecule has 0 fully saturated rings. The highest BCUT2D eigenvalue weighted by Gasteiger charge is 2.21. The molecule has 9 nitrogen and oxygen atoms in total. The van der Waals surface area contributed by atoms with Crippen LogP contribution in [0.5, 0.6) is 5.75 Å². The molecule has 0 bridgehead atoms. The van der Waals surface area contributed by atoms with Gasteiger partial charge in [-0.25, -0.2) is 13.4 Å². The van der Waals surface area contributed by atoms with Crippen LogP contribution in [0.25, 0.3) is 0 Å². The zero-order valence-electron chi connectivity index (χ0n) is 15.2. The van der Waals surface area contributed by atoms with Gasteiger partial charge in [0, 0.05) is 44.5 Å². The highest BCUT2D eigenvalue weighted by molar-refractivity contribution is 7.92. The summed E-state index contributed by atoms with van der Waals surface area (Å²) in [5.41, 5.74) is 1.18. The Balaban J connectivity index is 2.36. The van der Waals surface area contributed by atoms with Crippen LogP contribution in [0.2, 0.25) is 0 Å². The van der Waals surface area contributed by atoms with Crippen molar-refractivity contribution in [2.75, 3.05) is 36.6 Å². The number of benzene rings is 1. The van der Waals surface area contributed by atoms with Gasteiger partial charge in [0.1, 0.15) is 22.2 Å². The number of anilines is 3. The largest absolute Gasteiger partial charge is 0.494 e. The number of ether oxygens (including phenoxy) is 1. The average Bonchev–Trinajstić information content (AvgIpc) is 2.68. The van der Waals surface area contributed by atoms with E-state index in [1.54, 1.807) is 44.7 Å². The zero-order chi connectivity index (χ0) is 19.9. The predicted octanol–water partition coefficient (Wildman–Crippen LogP) is 2.03. The number of sulfonamides is 1. The topological polar surface area (TPSA) is 128 Å². The number of hydrogen-bond donors (Lipinski definition) is 5. The van der Waals surface area contributed by atoms with Crippen molar-refractivity contribution in [3.63, 3.8) is 0 Å². The minimum atomic E-state index is -3.91. The Labute approximate surface area is 158 Å². The Kier molecular flexibility index (Phi) is 6.61. The Morgan fingerprint density at radius 3 is 2.44 bits per heavy atom. The van der Waals surface area contributed by atoms with E-state index < -0.39 is 10.0 Å². The average molecular weight is 390 g/mol. The molecule has 10 heteroatoms. The second-order valence-corrected chi connectivity index (χ2v) is 6.93. The van der Waals surface area contributed by atoms with E-state index in [9.17, 15) is 8.42 Å². The molecular weight excluding hydrogens is 368 g/mol. The van der Waals surface area contributed by atoms with Crippen molar-refractivity contribution in [1.29, 1.82) is 5.41 Å². The van der Waals surface area contributed by atoms with Crippen molar-refractivity contribution >= 4 is 33.4 Å². The molecule has 1 aromatic heterocycles. The quantitative estimate of drug-likeness (QED) is 0.414. The van der Waals surface area contributed by atoms with E-state index in [1.165, 1.54) is 19.4 Å². The summed E-state index contributed by atoms with van der Waals surface area (Å²) in [5, 5.41) is 16.1. The first-order valence-electron chi connectivity index (χ1n) is 7.93. The second kappa shape index (κ2) is 8.90. The minimum Gasteiger partial charge on any atom is -0.494 e. The van der Waals surface area contributed by atoms with E-state index >= 15 is 0 Å². The van der Waals surface area contributed by atoms with Gasteiger partial charge in [-0.05, 0) is 24.3 Å². The third-order valence-electron chi connectivity index (χ3n) is 3.59. The van der Waals surface area contributed by atoms with Gasteiger partial charge in [-0.2, -0.15) is 0 Å². The summed E-state index contributed by atoms with van der Waals surface area (Å²) in [5.74, 6) is 0.830. The predicted molar refractivity (Wildman–Crippen MR) is 107 cm³/mol. The Hall–Kier alpha value is -3.27. The van der Waals surface area contributed by atoms with Gasteiger partial charge in [0.2, 0.25) is 0 Å². The number of hydrogen-bond acceptors (Lipinski definition) is 8. The van der Waals surface area contributed by atoms with Crippen LogP contribution in [-0.2, 0) is 10.0 Å². The summed E-state index contributed by atoms with van der Waals surface area (Å²) in [7, 11) is 0.928. The molecule has 0 amide bonds. The van der Waals surface area contributed by atoms with Crippen molar-refractivity contribution in [3.8, 4) is 5.75 Å². The van der Waals surface area contributed by atoms with Crippen LogP contribution in [0, 0.1) is 5.41 Å². The maximum absolute atomic E-state index is 12.8. The monoisotopic (exact) mass is 390 g/mol. The van der Waals surface area contributed by atoms with E-state index in [2.05, 4.69) is 25.7 Å². The molecule has 2 rings (SSSR count). The lowest BCUT2D eigenvalue weighted by Crippen LogP contribution is -2.16. The normalized spacial score (nSPS) is 11.1. The molecule has 0 radical (unpaired) electrons. The molecular formula is C17H22N6O3S. The highest BCUT2D eigenvalue weighted by atomic mass is 32.2. The summed E-state index contributed by atoms with van der Waals surface area (Å²) < 4.78 is 33.3. The molecule has 0 saturated heterocycles. The van der Waals surface area contributed by atoms with Crippen molar-refractivity contribution in [2.24, 2.45) is 0 Å². The lowest BCUT2D eigenvalue weighted by molar-refractivity contribution is 0.417. The van der Waals surface area contributed by atoms with Crippen LogP contribution in [-0.4, -0.2) is 40.8 Å². The first-order valence-corrected chi connectivity index (χ1v) is 9.42. The molecule has 0 unspecified atom stereocenters. The molecule has 0 atom stereocenters. The third kappa shape index (κ3) is 4.67. The fourth-order valence-electron chi connectivity index (χ4n) is 2.29. The molecule has 0 aliphatic carbocycles. The molecule has 0 aliphatic rings. The van der Waals surface area contributed by atoms with Gasteiger partial charge < -0.3 is 26.1 Å². The molecule has 0 spiro atoms. The number of methoxy groups -OCH3 is 1. The molecule has 5 N–H and O–H groups in total. The smallest absolute Gasteiger partial charge is 0.263 e. The van der Waals surface area contributed by atoms with Crippen LogP contribution in [0.4, 0.5) is 17.2 Å². The van der Waals surface area contributed by atoms with Crippen LogP contribution in [0.15, 0.2) is 47.8 Å². The third-order valence-corrected chi connectivity index (χ3v) is 4.92. The Morgan fingerprint density at radius 1 is 1.11 bits per heavy atom. The molecule has 27 heavy (non-hydrogen) atoms. The van der Waals surface area contributed by atoms with Crippen molar-refractivity contribution in [3.05, 3.63) is 48.4 Å². The van der Waals surface area contributed by atoms with Gasteiger partial charge in [-0.1, -0.05) is 0 Å². The highest BCUT2D eigenvalue weighted by Crippen LogP contribution is 2.36. The van der Waals surface area contributed by atoms with E-state index in [4.69, 9.17) is 10.1 Å². The summed E-state index contributed by atoms with van der Waals surface area (Å²) in [6.07, 6.45) is 5.70. The number of nitrogens with one attached hydrogen (secondary N) is 5. The van der Waals surface area contributed by atoms with Gasteiger partial charge >= 0.3 is 0 Å². The van der Waals surface area contributed by atoms with Crippen LogP contribution in [0.1, 0.15) is 5.56 Å². The summed E-state index contributed by atoms with van der Waals surface area (Å²) in [4.78, 5) is 4.08. The molecule has 0 saturated carbocycles. The molecule has 2 aromatic rings. The Bertz CT molecular complexity index is 926. The first kappa shape index (κ1) is 20.0. The number of pyridine rings is 1. The summed E-state index contributed by atoms with van der Waals surface area (Å²) >= 11 is 0. The second-order valence-electron chi connectivity index (χ2n) is 5.25. The fraction of sp³-hybridized carbons (Fsp3) is 0.176. The van der Waals surface area contributed by atoms with E-state index in [-0.39, 0.29) is 10.6 Å². The number of rotatable bonds is 9. The zero-order valence-corrected chi connectivity index (χ0v) is 16.0. The van der Waals surface area contributed by atoms with Gasteiger partial charge in [0.05, 0.1) is 12.8 Å². The lowest BCUT2D eigenvalue weighted by Gasteiger charge is -2.17. The standard InChI is InChI=1S/C17H22N6O3S/c1-19-8-9-21-15-7-5-13(11-22-15)27(24,25)23-17-14(26-3)6-4-12(10-18)16(17)20-2/h4-11,18-20,23H,1-3H3,(H,21,22)/b9-8-,18-10?. The van der Waals surface area contributed by atoms with Gasteiger partial charge in [-0.3, -0.25) is 4.72 Å². The van der Waals surface area contributed by atoms with Crippen molar-refractivity contribution in [2.45, 2.75) is 4.90 Å². The first-order chi connectivity index (χ1) is 13.0. The van der Waals surface area contributed by atoms with Gasteiger partial charge in [0.25, 0.3) is 10.0 Å². The summed E-state index contributed by atoms with van der Waals surface area (Å²) in [6.45, 7) is 0. The van der Waals surface area contributed by atoms with E-state index in [0.29, 0.717) is 22.8 Å². The lowest BCUT2D eigenvalue weighted by atomic mass is 10.1. The maximum Gasteiger partial charge on any atom is 0.263 e. The van der Waals surface area contributed by atoms with Gasteiger partial charge in [0.15, 0.2) is 0 Å².